The van der Waals surface area contributed by atoms with Crippen LogP contribution in [0.25, 0.3) is 34.0 Å². The summed E-state index contributed by atoms with van der Waals surface area (Å²) >= 11 is 0. The monoisotopic (exact) mass is 461 g/mol. The summed E-state index contributed by atoms with van der Waals surface area (Å²) in [5.41, 5.74) is 3.83. The minimum absolute atomic E-state index is 0.0781. The van der Waals surface area contributed by atoms with Gasteiger partial charge in [-0.05, 0) is 12.8 Å². The van der Waals surface area contributed by atoms with Crippen LogP contribution < -0.4 is 0 Å². The largest absolute Gasteiger partial charge is 0.249 e. The highest BCUT2D eigenvalue weighted by atomic mass is 32.2. The topological polar surface area (TPSA) is 107 Å². The van der Waals surface area contributed by atoms with Crippen LogP contribution in [0.15, 0.2) is 66.9 Å². The molecule has 0 spiro atoms. The lowest BCUT2D eigenvalue weighted by molar-refractivity contribution is 0.259. The zero-order valence-electron chi connectivity index (χ0n) is 18.1. The van der Waals surface area contributed by atoms with Crippen LogP contribution in [0, 0.1) is 0 Å². The molecule has 4 aromatic rings. The van der Waals surface area contributed by atoms with E-state index in [-0.39, 0.29) is 6.04 Å². The van der Waals surface area contributed by atoms with Gasteiger partial charge in [0.25, 0.3) is 0 Å². The SMILES string of the molecule is CS(=O)(=O)N1CCC(n2cc(-c3nnc(-c4ccccc4)c(-c4ccccc4)n3)nn2)CC1. The molecule has 2 aromatic carbocycles. The van der Waals surface area contributed by atoms with E-state index < -0.39 is 10.0 Å². The molecule has 5 rings (SSSR count). The molecule has 168 valence electrons. The van der Waals surface area contributed by atoms with Crippen molar-refractivity contribution in [2.45, 2.75) is 18.9 Å². The first-order valence-corrected chi connectivity index (χ1v) is 12.6. The lowest BCUT2D eigenvalue weighted by Crippen LogP contribution is -2.38. The van der Waals surface area contributed by atoms with E-state index in [2.05, 4.69) is 20.5 Å². The van der Waals surface area contributed by atoms with Gasteiger partial charge in [-0.2, -0.15) is 0 Å². The van der Waals surface area contributed by atoms with Gasteiger partial charge in [0.2, 0.25) is 15.8 Å². The third-order valence-corrected chi connectivity index (χ3v) is 7.09. The Kier molecular flexibility index (Phi) is 5.69. The summed E-state index contributed by atoms with van der Waals surface area (Å²) in [4.78, 5) is 4.82. The van der Waals surface area contributed by atoms with Crippen LogP contribution in [0.3, 0.4) is 0 Å². The van der Waals surface area contributed by atoms with Crippen molar-refractivity contribution in [3.8, 4) is 34.0 Å². The molecule has 0 radical (unpaired) electrons. The molecule has 0 amide bonds. The number of piperidine rings is 1. The van der Waals surface area contributed by atoms with Crippen molar-refractivity contribution >= 4 is 10.0 Å². The maximum Gasteiger partial charge on any atom is 0.211 e. The van der Waals surface area contributed by atoms with Crippen LogP contribution in [0.5, 0.6) is 0 Å². The second-order valence-electron chi connectivity index (χ2n) is 8.04. The van der Waals surface area contributed by atoms with E-state index >= 15 is 0 Å². The van der Waals surface area contributed by atoms with E-state index in [0.717, 1.165) is 16.8 Å². The van der Waals surface area contributed by atoms with Crippen LogP contribution >= 0.6 is 0 Å². The second-order valence-corrected chi connectivity index (χ2v) is 10.0. The Morgan fingerprint density at radius 3 is 2.03 bits per heavy atom. The van der Waals surface area contributed by atoms with Crippen molar-refractivity contribution in [1.29, 1.82) is 0 Å². The first-order chi connectivity index (χ1) is 16.0. The van der Waals surface area contributed by atoms with Gasteiger partial charge >= 0.3 is 0 Å². The van der Waals surface area contributed by atoms with Gasteiger partial charge in [-0.15, -0.1) is 15.3 Å². The second kappa shape index (κ2) is 8.80. The molecule has 1 aliphatic rings. The average Bonchev–Trinajstić information content (AvgIpc) is 3.35. The van der Waals surface area contributed by atoms with Crippen molar-refractivity contribution in [2.24, 2.45) is 0 Å². The highest BCUT2D eigenvalue weighted by molar-refractivity contribution is 7.88. The van der Waals surface area contributed by atoms with Crippen molar-refractivity contribution in [1.82, 2.24) is 34.5 Å². The smallest absolute Gasteiger partial charge is 0.211 e. The van der Waals surface area contributed by atoms with E-state index in [0.29, 0.717) is 43.1 Å². The van der Waals surface area contributed by atoms with Crippen molar-refractivity contribution < 1.29 is 8.42 Å². The standard InChI is InChI=1S/C23H23N7O2S/c1-33(31,32)29-14-12-19(13-15-29)30-16-20(25-28-30)23-24-21(17-8-4-2-5-9-17)22(26-27-23)18-10-6-3-7-11-18/h2-11,16,19H,12-15H2,1H3. The summed E-state index contributed by atoms with van der Waals surface area (Å²) in [6.45, 7) is 0.946. The van der Waals surface area contributed by atoms with E-state index in [1.165, 1.54) is 10.6 Å². The summed E-state index contributed by atoms with van der Waals surface area (Å²) in [7, 11) is -3.17. The first kappa shape index (κ1) is 21.4. The summed E-state index contributed by atoms with van der Waals surface area (Å²) < 4.78 is 26.8. The molecular weight excluding hydrogens is 438 g/mol. The third kappa shape index (κ3) is 4.53. The Balaban J connectivity index is 1.46. The summed E-state index contributed by atoms with van der Waals surface area (Å²) in [5.74, 6) is 0.397. The van der Waals surface area contributed by atoms with Gasteiger partial charge in [-0.3, -0.25) is 0 Å². The van der Waals surface area contributed by atoms with E-state index in [1.54, 1.807) is 4.68 Å². The van der Waals surface area contributed by atoms with E-state index in [4.69, 9.17) is 4.98 Å². The van der Waals surface area contributed by atoms with Crippen molar-refractivity contribution in [3.63, 3.8) is 0 Å². The highest BCUT2D eigenvalue weighted by Gasteiger charge is 2.27. The Labute approximate surface area is 192 Å². The Bertz CT molecular complexity index is 1350. The lowest BCUT2D eigenvalue weighted by atomic mass is 10.0. The van der Waals surface area contributed by atoms with Gasteiger partial charge in [0.05, 0.1) is 18.5 Å². The number of nitrogens with zero attached hydrogens (tertiary/aromatic N) is 7. The van der Waals surface area contributed by atoms with Crippen LogP contribution in [0.2, 0.25) is 0 Å². The molecule has 1 aliphatic heterocycles. The number of hydrogen-bond acceptors (Lipinski definition) is 7. The number of hydrogen-bond donors (Lipinski definition) is 0. The number of benzene rings is 2. The molecular formula is C23H23N7O2S. The normalized spacial score (nSPS) is 15.5. The zero-order valence-corrected chi connectivity index (χ0v) is 18.9. The molecule has 0 saturated carbocycles. The molecule has 0 atom stereocenters. The Hall–Kier alpha value is -3.50. The summed E-state index contributed by atoms with van der Waals surface area (Å²) in [6.07, 6.45) is 4.41. The number of aromatic nitrogens is 6. The van der Waals surface area contributed by atoms with Gasteiger partial charge < -0.3 is 0 Å². The molecule has 33 heavy (non-hydrogen) atoms. The maximum atomic E-state index is 11.8. The molecule has 3 heterocycles. The minimum atomic E-state index is -3.17. The van der Waals surface area contributed by atoms with Crippen molar-refractivity contribution in [2.75, 3.05) is 19.3 Å². The van der Waals surface area contributed by atoms with Gasteiger partial charge in [-0.25, -0.2) is 22.4 Å². The van der Waals surface area contributed by atoms with Gasteiger partial charge in [0.1, 0.15) is 11.4 Å². The predicted octanol–water partition coefficient (Wildman–Crippen LogP) is 3.06. The molecule has 0 bridgehead atoms. The highest BCUT2D eigenvalue weighted by Crippen LogP contribution is 2.30. The fraction of sp³-hybridized carbons (Fsp3) is 0.261. The van der Waals surface area contributed by atoms with Gasteiger partial charge in [-0.1, -0.05) is 65.9 Å². The molecule has 9 nitrogen and oxygen atoms in total. The Morgan fingerprint density at radius 2 is 1.42 bits per heavy atom. The quantitative estimate of drug-likeness (QED) is 0.450. The molecule has 10 heteroatoms. The molecule has 1 saturated heterocycles. The fourth-order valence-electron chi connectivity index (χ4n) is 4.02. The number of sulfonamides is 1. The molecule has 0 N–H and O–H groups in total. The third-order valence-electron chi connectivity index (χ3n) is 5.79. The lowest BCUT2D eigenvalue weighted by Gasteiger charge is -2.29. The summed E-state index contributed by atoms with van der Waals surface area (Å²) in [6, 6.07) is 19.8. The maximum absolute atomic E-state index is 11.8. The van der Waals surface area contributed by atoms with Gasteiger partial charge in [0, 0.05) is 24.2 Å². The van der Waals surface area contributed by atoms with Crippen LogP contribution in [0.4, 0.5) is 0 Å². The summed E-state index contributed by atoms with van der Waals surface area (Å²) in [5, 5.41) is 17.4. The van der Waals surface area contributed by atoms with Crippen LogP contribution in [0.1, 0.15) is 18.9 Å². The Morgan fingerprint density at radius 1 is 0.818 bits per heavy atom. The average molecular weight is 462 g/mol. The van der Waals surface area contributed by atoms with E-state index in [9.17, 15) is 8.42 Å². The molecule has 0 unspecified atom stereocenters. The molecule has 1 fully saturated rings. The van der Waals surface area contributed by atoms with E-state index in [1.807, 2.05) is 66.9 Å². The number of rotatable bonds is 5. The fourth-order valence-corrected chi connectivity index (χ4v) is 4.89. The first-order valence-electron chi connectivity index (χ1n) is 10.7. The zero-order chi connectivity index (χ0) is 22.8. The van der Waals surface area contributed by atoms with Crippen molar-refractivity contribution in [3.05, 3.63) is 66.9 Å². The molecule has 0 aliphatic carbocycles. The van der Waals surface area contributed by atoms with Crippen LogP contribution in [-0.4, -0.2) is 62.2 Å². The molecule has 2 aromatic heterocycles. The van der Waals surface area contributed by atoms with Crippen LogP contribution in [-0.2, 0) is 10.0 Å². The minimum Gasteiger partial charge on any atom is -0.249 e. The van der Waals surface area contributed by atoms with Gasteiger partial charge in [0.15, 0.2) is 5.69 Å². The predicted molar refractivity (Wildman–Crippen MR) is 124 cm³/mol.